The molecule has 84 valence electrons. The van der Waals surface area contributed by atoms with Gasteiger partial charge in [-0.1, -0.05) is 30.7 Å². The highest BCUT2D eigenvalue weighted by Gasteiger charge is 2.15. The summed E-state index contributed by atoms with van der Waals surface area (Å²) in [5, 5.41) is 13.9. The van der Waals surface area contributed by atoms with Crippen LogP contribution in [-0.4, -0.2) is 17.7 Å². The predicted octanol–water partition coefficient (Wildman–Crippen LogP) is 2.68. The zero-order valence-corrected chi connectivity index (χ0v) is 10.2. The number of halogens is 1. The lowest BCUT2D eigenvalue weighted by Gasteiger charge is -2.20. The summed E-state index contributed by atoms with van der Waals surface area (Å²) in [4.78, 5) is 0. The zero-order valence-electron chi connectivity index (χ0n) is 9.42. The summed E-state index contributed by atoms with van der Waals surface area (Å²) in [5.74, 6) is 0. The Labute approximate surface area is 96.3 Å². The Bertz CT molecular complexity index is 327. The molecule has 1 rings (SSSR count). The highest BCUT2D eigenvalue weighted by Crippen LogP contribution is 2.23. The molecule has 0 heterocycles. The third kappa shape index (κ3) is 3.20. The van der Waals surface area contributed by atoms with E-state index in [2.05, 4.69) is 5.32 Å². The number of hydrogen-bond acceptors (Lipinski definition) is 2. The van der Waals surface area contributed by atoms with Crippen molar-refractivity contribution in [1.82, 2.24) is 5.32 Å². The minimum absolute atomic E-state index is 0.0359. The van der Waals surface area contributed by atoms with Crippen LogP contribution in [0.5, 0.6) is 0 Å². The molecule has 0 radical (unpaired) electrons. The van der Waals surface area contributed by atoms with E-state index >= 15 is 0 Å². The highest BCUT2D eigenvalue weighted by molar-refractivity contribution is 6.31. The van der Waals surface area contributed by atoms with Gasteiger partial charge in [-0.2, -0.15) is 0 Å². The molecule has 0 bridgehead atoms. The Morgan fingerprint density at radius 1 is 1.47 bits per heavy atom. The fourth-order valence-electron chi connectivity index (χ4n) is 1.52. The van der Waals surface area contributed by atoms with Crippen LogP contribution in [0.2, 0.25) is 5.02 Å². The molecule has 1 aromatic carbocycles. The highest BCUT2D eigenvalue weighted by atomic mass is 35.5. The van der Waals surface area contributed by atoms with Crippen molar-refractivity contribution in [3.8, 4) is 0 Å². The second-order valence-corrected chi connectivity index (χ2v) is 4.21. The summed E-state index contributed by atoms with van der Waals surface area (Å²) in [6.45, 7) is 6.78. The fraction of sp³-hybridized carbons (Fsp3) is 0.500. The summed E-state index contributed by atoms with van der Waals surface area (Å²) in [7, 11) is 0. The summed E-state index contributed by atoms with van der Waals surface area (Å²) >= 11 is 6.01. The molecule has 0 aromatic heterocycles. The molecule has 0 spiro atoms. The van der Waals surface area contributed by atoms with Crippen LogP contribution in [-0.2, 0) is 0 Å². The lowest BCUT2D eigenvalue weighted by molar-refractivity contribution is 0.137. The van der Waals surface area contributed by atoms with Crippen LogP contribution >= 0.6 is 11.6 Å². The first-order chi connectivity index (χ1) is 7.06. The first-order valence-corrected chi connectivity index (χ1v) is 5.61. The third-order valence-corrected chi connectivity index (χ3v) is 2.94. The minimum atomic E-state index is -0.511. The molecule has 0 aliphatic rings. The Hall–Kier alpha value is -0.570. The van der Waals surface area contributed by atoms with Crippen molar-refractivity contribution in [3.63, 3.8) is 0 Å². The van der Waals surface area contributed by atoms with E-state index in [0.29, 0.717) is 5.02 Å². The molecular formula is C12H18ClNO. The average molecular weight is 228 g/mol. The maximum Gasteiger partial charge on any atom is 0.0940 e. The van der Waals surface area contributed by atoms with Gasteiger partial charge in [0, 0.05) is 11.1 Å². The lowest BCUT2D eigenvalue weighted by Crippen LogP contribution is -2.31. The van der Waals surface area contributed by atoms with Gasteiger partial charge in [0.15, 0.2) is 0 Å². The number of likely N-dealkylation sites (N-methyl/N-ethyl adjacent to an activating group) is 1. The Kier molecular flexibility index (Phi) is 4.58. The maximum atomic E-state index is 10.0. The summed E-state index contributed by atoms with van der Waals surface area (Å²) in [6, 6.07) is 5.71. The van der Waals surface area contributed by atoms with Crippen molar-refractivity contribution in [1.29, 1.82) is 0 Å². The topological polar surface area (TPSA) is 32.3 Å². The van der Waals surface area contributed by atoms with Crippen molar-refractivity contribution in [2.24, 2.45) is 0 Å². The number of aryl methyl sites for hydroxylation is 1. The largest absolute Gasteiger partial charge is 0.387 e. The second-order valence-electron chi connectivity index (χ2n) is 3.80. The molecule has 0 saturated heterocycles. The van der Waals surface area contributed by atoms with E-state index in [-0.39, 0.29) is 6.04 Å². The van der Waals surface area contributed by atoms with E-state index in [9.17, 15) is 5.11 Å². The van der Waals surface area contributed by atoms with Crippen LogP contribution in [0, 0.1) is 6.92 Å². The van der Waals surface area contributed by atoms with Gasteiger partial charge in [-0.05, 0) is 37.6 Å². The number of aliphatic hydroxyl groups is 1. The van der Waals surface area contributed by atoms with E-state index in [4.69, 9.17) is 11.6 Å². The normalized spacial score (nSPS) is 15.0. The summed E-state index contributed by atoms with van der Waals surface area (Å²) < 4.78 is 0. The van der Waals surface area contributed by atoms with Crippen LogP contribution in [0.25, 0.3) is 0 Å². The van der Waals surface area contributed by atoms with Gasteiger partial charge >= 0.3 is 0 Å². The Morgan fingerprint density at radius 3 is 2.67 bits per heavy atom. The summed E-state index contributed by atoms with van der Waals surface area (Å²) in [5.41, 5.74) is 1.89. The minimum Gasteiger partial charge on any atom is -0.387 e. The molecule has 3 heteroatoms. The van der Waals surface area contributed by atoms with Crippen LogP contribution < -0.4 is 5.32 Å². The van der Waals surface area contributed by atoms with Crippen LogP contribution in [0.1, 0.15) is 31.1 Å². The van der Waals surface area contributed by atoms with Crippen molar-refractivity contribution in [3.05, 3.63) is 34.3 Å². The van der Waals surface area contributed by atoms with E-state index in [1.165, 1.54) is 0 Å². The second kappa shape index (κ2) is 5.50. The molecule has 2 atom stereocenters. The van der Waals surface area contributed by atoms with E-state index in [1.807, 2.05) is 39.0 Å². The third-order valence-electron chi connectivity index (χ3n) is 2.54. The van der Waals surface area contributed by atoms with Gasteiger partial charge in [-0.25, -0.2) is 0 Å². The van der Waals surface area contributed by atoms with Gasteiger partial charge in [-0.3, -0.25) is 0 Å². The van der Waals surface area contributed by atoms with Crippen molar-refractivity contribution in [2.45, 2.75) is 32.9 Å². The quantitative estimate of drug-likeness (QED) is 0.829. The standard InChI is InChI=1S/C12H18ClNO/c1-4-14-9(3)12(15)10-6-5-8(2)11(13)7-10/h5-7,9,12,14-15H,4H2,1-3H3. The molecule has 0 amide bonds. The van der Waals surface area contributed by atoms with Crippen LogP contribution in [0.3, 0.4) is 0 Å². The fourth-order valence-corrected chi connectivity index (χ4v) is 1.70. The van der Waals surface area contributed by atoms with E-state index in [0.717, 1.165) is 17.7 Å². The van der Waals surface area contributed by atoms with Gasteiger partial charge in [-0.15, -0.1) is 0 Å². The number of benzene rings is 1. The first kappa shape index (κ1) is 12.5. The van der Waals surface area contributed by atoms with Gasteiger partial charge < -0.3 is 10.4 Å². The molecule has 2 N–H and O–H groups in total. The molecular weight excluding hydrogens is 210 g/mol. The smallest absolute Gasteiger partial charge is 0.0940 e. The molecule has 0 saturated carbocycles. The van der Waals surface area contributed by atoms with E-state index < -0.39 is 6.10 Å². The number of nitrogens with one attached hydrogen (secondary N) is 1. The van der Waals surface area contributed by atoms with Crippen molar-refractivity contribution >= 4 is 11.6 Å². The van der Waals surface area contributed by atoms with Gasteiger partial charge in [0.05, 0.1) is 6.10 Å². The van der Waals surface area contributed by atoms with Crippen LogP contribution in [0.15, 0.2) is 18.2 Å². The summed E-state index contributed by atoms with van der Waals surface area (Å²) in [6.07, 6.45) is -0.511. The molecule has 0 fully saturated rings. The van der Waals surface area contributed by atoms with Gasteiger partial charge in [0.2, 0.25) is 0 Å². The zero-order chi connectivity index (χ0) is 11.4. The molecule has 0 aliphatic heterocycles. The lowest BCUT2D eigenvalue weighted by atomic mass is 10.0. The SMILES string of the molecule is CCNC(C)C(O)c1ccc(C)c(Cl)c1. The van der Waals surface area contributed by atoms with Crippen molar-refractivity contribution in [2.75, 3.05) is 6.54 Å². The first-order valence-electron chi connectivity index (χ1n) is 5.23. The molecule has 2 unspecified atom stereocenters. The van der Waals surface area contributed by atoms with Crippen LogP contribution in [0.4, 0.5) is 0 Å². The Balaban J connectivity index is 2.81. The van der Waals surface area contributed by atoms with Gasteiger partial charge in [0.1, 0.15) is 0 Å². The van der Waals surface area contributed by atoms with E-state index in [1.54, 1.807) is 0 Å². The number of aliphatic hydroxyl groups excluding tert-OH is 1. The molecule has 0 aliphatic carbocycles. The van der Waals surface area contributed by atoms with Crippen molar-refractivity contribution < 1.29 is 5.11 Å². The number of rotatable bonds is 4. The molecule has 1 aromatic rings. The maximum absolute atomic E-state index is 10.0. The average Bonchev–Trinajstić information content (AvgIpc) is 2.21. The Morgan fingerprint density at radius 2 is 2.13 bits per heavy atom. The molecule has 15 heavy (non-hydrogen) atoms. The number of hydrogen-bond donors (Lipinski definition) is 2. The van der Waals surface area contributed by atoms with Gasteiger partial charge in [0.25, 0.3) is 0 Å². The predicted molar refractivity (Wildman–Crippen MR) is 64.3 cm³/mol. The molecule has 2 nitrogen and oxygen atoms in total. The monoisotopic (exact) mass is 227 g/mol.